The summed E-state index contributed by atoms with van der Waals surface area (Å²) >= 11 is 7.43. The van der Waals surface area contributed by atoms with Gasteiger partial charge in [-0.25, -0.2) is 24.1 Å². The molecule has 2 heterocycles. The molecule has 0 aromatic carbocycles. The summed E-state index contributed by atoms with van der Waals surface area (Å²) in [6.07, 6.45) is 4.78. The Morgan fingerprint density at radius 3 is 2.45 bits per heavy atom. The zero-order valence-corrected chi connectivity index (χ0v) is 21.8. The van der Waals surface area contributed by atoms with Gasteiger partial charge in [0.05, 0.1) is 11.1 Å². The first-order valence-electron chi connectivity index (χ1n) is 11.5. The van der Waals surface area contributed by atoms with Crippen molar-refractivity contribution in [1.82, 2.24) is 19.9 Å². The molecule has 0 aliphatic heterocycles. The second-order valence-electron chi connectivity index (χ2n) is 8.84. The highest BCUT2D eigenvalue weighted by Crippen LogP contribution is 2.30. The topological polar surface area (TPSA) is 94.2 Å². The Balaban J connectivity index is 1.96. The van der Waals surface area contributed by atoms with Crippen LogP contribution in [0.15, 0.2) is 5.16 Å². The molecule has 1 amide bonds. The molecule has 0 spiro atoms. The van der Waals surface area contributed by atoms with E-state index in [0.29, 0.717) is 35.7 Å². The molecule has 0 bridgehead atoms. The number of carbonyl (C=O) groups is 1. The summed E-state index contributed by atoms with van der Waals surface area (Å²) in [5.74, 6) is 0.309. The van der Waals surface area contributed by atoms with Gasteiger partial charge in [0, 0.05) is 13.1 Å². The van der Waals surface area contributed by atoms with Crippen molar-refractivity contribution in [2.24, 2.45) is 0 Å². The van der Waals surface area contributed by atoms with Crippen LogP contribution >= 0.6 is 23.4 Å². The lowest BCUT2D eigenvalue weighted by Gasteiger charge is -2.27. The lowest BCUT2D eigenvalue weighted by atomic mass is 10.1. The fourth-order valence-electron chi connectivity index (χ4n) is 3.44. The Kier molecular flexibility index (Phi) is 10.4. The van der Waals surface area contributed by atoms with Crippen LogP contribution in [0, 0.1) is 5.82 Å². The first-order chi connectivity index (χ1) is 15.6. The number of ether oxygens (including phenoxy) is 1. The van der Waals surface area contributed by atoms with Crippen molar-refractivity contribution < 1.29 is 13.9 Å². The molecule has 0 radical (unpaired) electrons. The predicted octanol–water partition coefficient (Wildman–Crippen LogP) is 6.26. The van der Waals surface area contributed by atoms with Crippen LogP contribution in [0.25, 0.3) is 10.9 Å². The lowest BCUT2D eigenvalue weighted by Crippen LogP contribution is -2.37. The molecule has 0 saturated heterocycles. The largest absolute Gasteiger partial charge is 0.444 e. The zero-order chi connectivity index (χ0) is 24.6. The van der Waals surface area contributed by atoms with Crippen molar-refractivity contribution in [3.8, 4) is 0 Å². The number of carbonyl (C=O) groups excluding carboxylic acids is 1. The van der Waals surface area contributed by atoms with Crippen molar-refractivity contribution in [2.75, 3.05) is 24.6 Å². The highest BCUT2D eigenvalue weighted by molar-refractivity contribution is 7.99. The van der Waals surface area contributed by atoms with Crippen LogP contribution in [-0.2, 0) is 11.2 Å². The summed E-state index contributed by atoms with van der Waals surface area (Å²) in [5.41, 5.74) is 6.37. The minimum absolute atomic E-state index is 0.126. The fraction of sp³-hybridized carbons (Fsp3) is 0.652. The molecule has 0 atom stereocenters. The number of amides is 1. The van der Waals surface area contributed by atoms with Gasteiger partial charge in [-0.1, -0.05) is 50.1 Å². The summed E-state index contributed by atoms with van der Waals surface area (Å²) in [4.78, 5) is 26.9. The summed E-state index contributed by atoms with van der Waals surface area (Å²) in [6, 6.07) is 0. The Bertz CT molecular complexity index is 955. The Labute approximate surface area is 205 Å². The van der Waals surface area contributed by atoms with Crippen molar-refractivity contribution in [1.29, 1.82) is 0 Å². The van der Waals surface area contributed by atoms with Gasteiger partial charge in [0.15, 0.2) is 16.1 Å². The summed E-state index contributed by atoms with van der Waals surface area (Å²) in [5, 5.41) is 0.670. The minimum atomic E-state index is -0.666. The van der Waals surface area contributed by atoms with Crippen LogP contribution in [0.5, 0.6) is 0 Å². The van der Waals surface area contributed by atoms with Crippen LogP contribution in [0.4, 0.5) is 15.0 Å². The molecular weight excluding hydrogens is 465 g/mol. The van der Waals surface area contributed by atoms with Crippen LogP contribution < -0.4 is 5.73 Å². The normalized spacial score (nSPS) is 11.7. The molecule has 184 valence electrons. The van der Waals surface area contributed by atoms with Crippen LogP contribution in [0.1, 0.15) is 72.4 Å². The van der Waals surface area contributed by atoms with Gasteiger partial charge in [0.1, 0.15) is 16.9 Å². The molecule has 10 heteroatoms. The molecule has 0 saturated carbocycles. The van der Waals surface area contributed by atoms with Crippen molar-refractivity contribution >= 4 is 46.2 Å². The number of unbranched alkanes of at least 4 members (excludes halogenated alkanes) is 3. The van der Waals surface area contributed by atoms with Gasteiger partial charge in [-0.3, -0.25) is 0 Å². The number of anilines is 1. The maximum Gasteiger partial charge on any atom is 0.410 e. The number of aromatic nitrogens is 3. The number of hydrogen-bond donors (Lipinski definition) is 1. The van der Waals surface area contributed by atoms with Gasteiger partial charge in [0.25, 0.3) is 0 Å². The molecule has 33 heavy (non-hydrogen) atoms. The molecule has 7 nitrogen and oxygen atoms in total. The van der Waals surface area contributed by atoms with Crippen molar-refractivity contribution in [2.45, 2.75) is 83.9 Å². The molecule has 0 fully saturated rings. The van der Waals surface area contributed by atoms with Gasteiger partial charge < -0.3 is 15.4 Å². The number of pyridine rings is 1. The monoisotopic (exact) mass is 499 g/mol. The molecule has 2 rings (SSSR count). The smallest absolute Gasteiger partial charge is 0.410 e. The first kappa shape index (κ1) is 27.4. The maximum atomic E-state index is 14.6. The third kappa shape index (κ3) is 8.14. The predicted molar refractivity (Wildman–Crippen MR) is 133 cm³/mol. The third-order valence-electron chi connectivity index (χ3n) is 4.84. The van der Waals surface area contributed by atoms with Crippen LogP contribution in [-0.4, -0.2) is 50.4 Å². The van der Waals surface area contributed by atoms with Gasteiger partial charge in [-0.2, -0.15) is 0 Å². The second kappa shape index (κ2) is 12.6. The number of aryl methyl sites for hydroxylation is 1. The lowest BCUT2D eigenvalue weighted by molar-refractivity contribution is 0.0246. The standard InChI is InChI=1S/C23H35ClFN5O2S/c1-6-13-30(22(31)32-23(3,4)5)14-11-9-8-10-12-15-16-18(17(25)19(24)27-15)28-21(33-7-2)29-20(16)26/h6-14H2,1-5H3,(H2,26,28,29). The van der Waals surface area contributed by atoms with E-state index in [-0.39, 0.29) is 22.6 Å². The van der Waals surface area contributed by atoms with Gasteiger partial charge in [0.2, 0.25) is 0 Å². The van der Waals surface area contributed by atoms with E-state index in [1.807, 2.05) is 34.6 Å². The number of hydrogen-bond acceptors (Lipinski definition) is 7. The molecule has 0 unspecified atom stereocenters. The average Bonchev–Trinajstić information content (AvgIpc) is 2.71. The highest BCUT2D eigenvalue weighted by atomic mass is 35.5. The number of nitrogen functional groups attached to an aromatic ring is 1. The van der Waals surface area contributed by atoms with E-state index in [2.05, 4.69) is 15.0 Å². The van der Waals surface area contributed by atoms with Gasteiger partial charge in [-0.05, 0) is 52.2 Å². The Morgan fingerprint density at radius 2 is 1.82 bits per heavy atom. The van der Waals surface area contributed by atoms with E-state index < -0.39 is 11.4 Å². The van der Waals surface area contributed by atoms with Gasteiger partial charge >= 0.3 is 6.09 Å². The number of rotatable bonds is 11. The number of nitrogens with two attached hydrogens (primary N) is 1. The molecule has 2 N–H and O–H groups in total. The van der Waals surface area contributed by atoms with Crippen molar-refractivity contribution in [3.05, 3.63) is 16.7 Å². The SMILES string of the molecule is CCCN(CCCCCCc1nc(Cl)c(F)c2nc(SCC)nc(N)c12)C(=O)OC(C)(C)C. The quantitative estimate of drug-likeness (QED) is 0.169. The van der Waals surface area contributed by atoms with E-state index in [4.69, 9.17) is 22.1 Å². The number of nitrogens with zero attached hydrogens (tertiary/aromatic N) is 4. The Morgan fingerprint density at radius 1 is 1.12 bits per heavy atom. The maximum absolute atomic E-state index is 14.6. The van der Waals surface area contributed by atoms with E-state index in [1.54, 1.807) is 4.90 Å². The first-order valence-corrected chi connectivity index (χ1v) is 12.9. The van der Waals surface area contributed by atoms with E-state index in [1.165, 1.54) is 11.8 Å². The fourth-order valence-corrected chi connectivity index (χ4v) is 4.20. The molecule has 0 aliphatic carbocycles. The van der Waals surface area contributed by atoms with E-state index >= 15 is 0 Å². The van der Waals surface area contributed by atoms with E-state index in [0.717, 1.165) is 37.9 Å². The molecule has 0 aliphatic rings. The van der Waals surface area contributed by atoms with Gasteiger partial charge in [-0.15, -0.1) is 0 Å². The number of fused-ring (bicyclic) bond motifs is 1. The number of thioether (sulfide) groups is 1. The Hall–Kier alpha value is -1.87. The minimum Gasteiger partial charge on any atom is -0.444 e. The zero-order valence-electron chi connectivity index (χ0n) is 20.2. The van der Waals surface area contributed by atoms with Crippen molar-refractivity contribution in [3.63, 3.8) is 0 Å². The van der Waals surface area contributed by atoms with Crippen LogP contribution in [0.2, 0.25) is 5.15 Å². The molecule has 2 aromatic heterocycles. The molecule has 2 aromatic rings. The second-order valence-corrected chi connectivity index (χ2v) is 10.4. The van der Waals surface area contributed by atoms with Crippen LogP contribution in [0.3, 0.4) is 0 Å². The summed E-state index contributed by atoms with van der Waals surface area (Å²) < 4.78 is 20.1. The number of halogens is 2. The third-order valence-corrected chi connectivity index (χ3v) is 5.82. The summed E-state index contributed by atoms with van der Waals surface area (Å²) in [7, 11) is 0. The highest BCUT2D eigenvalue weighted by Gasteiger charge is 2.21. The summed E-state index contributed by atoms with van der Waals surface area (Å²) in [6.45, 7) is 11.0. The van der Waals surface area contributed by atoms with E-state index in [9.17, 15) is 9.18 Å². The average molecular weight is 500 g/mol. The molecular formula is C23H35ClFN5O2S.